The van der Waals surface area contributed by atoms with Crippen molar-refractivity contribution in [1.82, 2.24) is 4.98 Å². The molecule has 26 heavy (non-hydrogen) atoms. The SMILES string of the molecule is O=C(Nc1nc2ccc(Oc3ccccc3)cc2s1)c1cc[n+]([O-])cc1. The first-order valence-electron chi connectivity index (χ1n) is 7.81. The molecule has 0 aliphatic heterocycles. The number of aromatic nitrogens is 2. The normalized spacial score (nSPS) is 10.6. The predicted octanol–water partition coefficient (Wildman–Crippen LogP) is 3.97. The van der Waals surface area contributed by atoms with Gasteiger partial charge in [-0.15, -0.1) is 0 Å². The first-order chi connectivity index (χ1) is 12.7. The van der Waals surface area contributed by atoms with E-state index in [0.717, 1.165) is 16.0 Å². The van der Waals surface area contributed by atoms with Crippen molar-refractivity contribution in [2.24, 2.45) is 0 Å². The lowest BCUT2D eigenvalue weighted by molar-refractivity contribution is -0.605. The van der Waals surface area contributed by atoms with E-state index in [2.05, 4.69) is 10.3 Å². The Morgan fingerprint density at radius 1 is 1.04 bits per heavy atom. The number of benzene rings is 2. The van der Waals surface area contributed by atoms with Gasteiger partial charge in [0.15, 0.2) is 17.5 Å². The van der Waals surface area contributed by atoms with Crippen LogP contribution in [0.5, 0.6) is 11.5 Å². The van der Waals surface area contributed by atoms with Crippen LogP contribution in [0.2, 0.25) is 0 Å². The number of fused-ring (bicyclic) bond motifs is 1. The highest BCUT2D eigenvalue weighted by atomic mass is 32.1. The third kappa shape index (κ3) is 3.47. The highest BCUT2D eigenvalue weighted by Crippen LogP contribution is 2.31. The second kappa shape index (κ2) is 6.81. The van der Waals surface area contributed by atoms with Gasteiger partial charge >= 0.3 is 0 Å². The Kier molecular flexibility index (Phi) is 4.20. The number of para-hydroxylation sites is 1. The van der Waals surface area contributed by atoms with Crippen LogP contribution in [0.3, 0.4) is 0 Å². The molecule has 1 amide bonds. The number of nitrogens with one attached hydrogen (secondary N) is 1. The van der Waals surface area contributed by atoms with Gasteiger partial charge < -0.3 is 9.94 Å². The van der Waals surface area contributed by atoms with Crippen molar-refractivity contribution >= 4 is 32.6 Å². The molecule has 2 aromatic heterocycles. The molecule has 4 rings (SSSR count). The van der Waals surface area contributed by atoms with Crippen LogP contribution in [-0.2, 0) is 0 Å². The Balaban J connectivity index is 1.53. The third-order valence-electron chi connectivity index (χ3n) is 3.62. The summed E-state index contributed by atoms with van der Waals surface area (Å²) in [6.45, 7) is 0. The molecule has 7 heteroatoms. The van der Waals surface area contributed by atoms with Crippen LogP contribution in [0.1, 0.15) is 10.4 Å². The number of amides is 1. The largest absolute Gasteiger partial charge is 0.619 e. The molecule has 0 saturated heterocycles. The van der Waals surface area contributed by atoms with Gasteiger partial charge in [-0.1, -0.05) is 29.5 Å². The van der Waals surface area contributed by atoms with Gasteiger partial charge in [0.2, 0.25) is 0 Å². The molecule has 0 saturated carbocycles. The fraction of sp³-hybridized carbons (Fsp3) is 0. The topological polar surface area (TPSA) is 78.2 Å². The first-order valence-corrected chi connectivity index (χ1v) is 8.63. The maximum absolute atomic E-state index is 12.2. The first kappa shape index (κ1) is 16.0. The van der Waals surface area contributed by atoms with Gasteiger partial charge in [0.1, 0.15) is 11.5 Å². The quantitative estimate of drug-likeness (QED) is 0.439. The van der Waals surface area contributed by atoms with Crippen LogP contribution in [0.25, 0.3) is 10.2 Å². The maximum atomic E-state index is 12.2. The number of ether oxygens (including phenoxy) is 1. The molecule has 0 fully saturated rings. The summed E-state index contributed by atoms with van der Waals surface area (Å²) in [4.78, 5) is 16.6. The number of hydrogen-bond donors (Lipinski definition) is 1. The molecule has 0 aliphatic carbocycles. The molecule has 2 aromatic carbocycles. The molecule has 0 bridgehead atoms. The van der Waals surface area contributed by atoms with Crippen LogP contribution in [0, 0.1) is 5.21 Å². The van der Waals surface area contributed by atoms with E-state index in [1.54, 1.807) is 0 Å². The number of carbonyl (C=O) groups excluding carboxylic acids is 1. The molecule has 128 valence electrons. The smallest absolute Gasteiger partial charge is 0.257 e. The van der Waals surface area contributed by atoms with E-state index in [9.17, 15) is 10.0 Å². The maximum Gasteiger partial charge on any atom is 0.257 e. The van der Waals surface area contributed by atoms with E-state index < -0.39 is 0 Å². The predicted molar refractivity (Wildman–Crippen MR) is 99.5 cm³/mol. The van der Waals surface area contributed by atoms with Gasteiger partial charge in [0, 0.05) is 18.2 Å². The van der Waals surface area contributed by atoms with Gasteiger partial charge in [-0.25, -0.2) is 4.98 Å². The third-order valence-corrected chi connectivity index (χ3v) is 4.56. The van der Waals surface area contributed by atoms with Crippen LogP contribution in [0.4, 0.5) is 5.13 Å². The Morgan fingerprint density at radius 3 is 2.58 bits per heavy atom. The zero-order valence-electron chi connectivity index (χ0n) is 13.5. The number of carbonyl (C=O) groups is 1. The lowest BCUT2D eigenvalue weighted by Crippen LogP contribution is -2.25. The summed E-state index contributed by atoms with van der Waals surface area (Å²) < 4.78 is 7.35. The van der Waals surface area contributed by atoms with E-state index >= 15 is 0 Å². The molecular weight excluding hydrogens is 350 g/mol. The van der Waals surface area contributed by atoms with Crippen LogP contribution in [0.15, 0.2) is 73.1 Å². The van der Waals surface area contributed by atoms with Crippen molar-refractivity contribution in [2.45, 2.75) is 0 Å². The summed E-state index contributed by atoms with van der Waals surface area (Å²) in [6.07, 6.45) is 2.56. The lowest BCUT2D eigenvalue weighted by atomic mass is 10.2. The second-order valence-electron chi connectivity index (χ2n) is 5.46. The Hall–Kier alpha value is -3.45. The van der Waals surface area contributed by atoms with Crippen molar-refractivity contribution in [3.8, 4) is 11.5 Å². The Morgan fingerprint density at radius 2 is 1.81 bits per heavy atom. The monoisotopic (exact) mass is 363 g/mol. The van der Waals surface area contributed by atoms with Crippen LogP contribution in [-0.4, -0.2) is 10.9 Å². The van der Waals surface area contributed by atoms with E-state index in [0.29, 0.717) is 21.2 Å². The summed E-state index contributed by atoms with van der Waals surface area (Å²) >= 11 is 1.36. The molecule has 4 aromatic rings. The lowest BCUT2D eigenvalue weighted by Gasteiger charge is -2.04. The van der Waals surface area contributed by atoms with Crippen LogP contribution < -0.4 is 14.8 Å². The number of hydrogen-bond acceptors (Lipinski definition) is 5. The van der Waals surface area contributed by atoms with Crippen molar-refractivity contribution in [3.63, 3.8) is 0 Å². The summed E-state index contributed by atoms with van der Waals surface area (Å²) in [5.74, 6) is 1.14. The standard InChI is InChI=1S/C19H13N3O3S/c23-18(13-8-10-22(24)11-9-13)21-19-20-16-7-6-15(12-17(16)26-19)25-14-4-2-1-3-5-14/h1-12H,(H,20,21,23). The molecule has 0 unspecified atom stereocenters. The minimum atomic E-state index is -0.314. The average Bonchev–Trinajstić information content (AvgIpc) is 3.04. The molecule has 0 aliphatic rings. The number of thiazole rings is 1. The van der Waals surface area contributed by atoms with Crippen LogP contribution >= 0.6 is 11.3 Å². The van der Waals surface area contributed by atoms with Crippen molar-refractivity contribution < 1.29 is 14.3 Å². The number of pyridine rings is 1. The van der Waals surface area contributed by atoms with Gasteiger partial charge in [0.05, 0.1) is 15.8 Å². The average molecular weight is 363 g/mol. The number of anilines is 1. The minimum Gasteiger partial charge on any atom is -0.619 e. The summed E-state index contributed by atoms with van der Waals surface area (Å²) in [7, 11) is 0. The molecule has 0 atom stereocenters. The Labute approximate surface area is 152 Å². The molecular formula is C19H13N3O3S. The van der Waals surface area contributed by atoms with Gasteiger partial charge in [0.25, 0.3) is 5.91 Å². The molecule has 0 radical (unpaired) electrons. The van der Waals surface area contributed by atoms with Crippen molar-refractivity contribution in [3.05, 3.63) is 83.8 Å². The minimum absolute atomic E-state index is 0.314. The Bertz CT molecular complexity index is 1060. The molecule has 2 heterocycles. The van der Waals surface area contributed by atoms with Crippen molar-refractivity contribution in [2.75, 3.05) is 5.32 Å². The van der Waals surface area contributed by atoms with Gasteiger partial charge in [-0.2, -0.15) is 4.73 Å². The van der Waals surface area contributed by atoms with Crippen molar-refractivity contribution in [1.29, 1.82) is 0 Å². The molecule has 0 spiro atoms. The zero-order chi connectivity index (χ0) is 17.9. The number of nitrogens with zero attached hydrogens (tertiary/aromatic N) is 2. The van der Waals surface area contributed by atoms with Gasteiger partial charge in [-0.05, 0) is 24.3 Å². The van der Waals surface area contributed by atoms with E-state index in [1.165, 1.54) is 35.9 Å². The highest BCUT2D eigenvalue weighted by molar-refractivity contribution is 7.22. The van der Waals surface area contributed by atoms with Gasteiger partial charge in [-0.3, -0.25) is 10.1 Å². The van der Waals surface area contributed by atoms with E-state index in [1.807, 2.05) is 48.5 Å². The second-order valence-corrected chi connectivity index (χ2v) is 6.50. The fourth-order valence-electron chi connectivity index (χ4n) is 2.38. The van der Waals surface area contributed by atoms with E-state index in [4.69, 9.17) is 4.74 Å². The highest BCUT2D eigenvalue weighted by Gasteiger charge is 2.11. The molecule has 1 N–H and O–H groups in total. The number of rotatable bonds is 4. The van der Waals surface area contributed by atoms with E-state index in [-0.39, 0.29) is 5.91 Å². The zero-order valence-corrected chi connectivity index (χ0v) is 14.3. The summed E-state index contributed by atoms with van der Waals surface area (Å²) in [5.41, 5.74) is 1.17. The molecule has 6 nitrogen and oxygen atoms in total. The summed E-state index contributed by atoms with van der Waals surface area (Å²) in [6, 6.07) is 18.0. The fourth-order valence-corrected chi connectivity index (χ4v) is 3.27. The summed E-state index contributed by atoms with van der Waals surface area (Å²) in [5, 5.41) is 14.3.